The van der Waals surface area contributed by atoms with Gasteiger partial charge in [-0.25, -0.2) is 10.0 Å². The molecule has 0 unspecified atom stereocenters. The Morgan fingerprint density at radius 2 is 0.967 bits per heavy atom. The van der Waals surface area contributed by atoms with Crippen molar-refractivity contribution in [3.05, 3.63) is 246 Å². The van der Waals surface area contributed by atoms with Crippen LogP contribution in [0.2, 0.25) is 0 Å². The zero-order valence-corrected chi connectivity index (χ0v) is 32.7. The van der Waals surface area contributed by atoms with E-state index in [0.717, 1.165) is 45.3 Å². The molecule has 60 heavy (non-hydrogen) atoms. The summed E-state index contributed by atoms with van der Waals surface area (Å²) < 4.78 is 4.08. The molecule has 0 saturated carbocycles. The van der Waals surface area contributed by atoms with E-state index in [-0.39, 0.29) is 22.7 Å². The molecule has 1 aliphatic heterocycles. The quantitative estimate of drug-likeness (QED) is 0.0547. The van der Waals surface area contributed by atoms with E-state index in [1.807, 2.05) is 214 Å². The third kappa shape index (κ3) is 7.77. The van der Waals surface area contributed by atoms with E-state index in [1.54, 1.807) is 0 Å². The molecule has 0 spiro atoms. The average Bonchev–Trinajstić information content (AvgIpc) is 3.88. The highest BCUT2D eigenvalue weighted by Gasteiger charge is 2.43. The van der Waals surface area contributed by atoms with Crippen LogP contribution in [0, 0.1) is 0 Å². The fourth-order valence-corrected chi connectivity index (χ4v) is 7.47. The van der Waals surface area contributed by atoms with Crippen LogP contribution in [-0.4, -0.2) is 38.2 Å². The summed E-state index contributed by atoms with van der Waals surface area (Å²) in [5.41, 5.74) is 9.04. The summed E-state index contributed by atoms with van der Waals surface area (Å²) in [5, 5.41) is 25.7. The summed E-state index contributed by atoms with van der Waals surface area (Å²) in [6.45, 7) is 0.926. The van der Waals surface area contributed by atoms with Crippen LogP contribution in [0.4, 0.5) is 22.7 Å². The number of hydrogen-bond acceptors (Lipinski definition) is 6. The highest BCUT2D eigenvalue weighted by molar-refractivity contribution is 6.39. The van der Waals surface area contributed by atoms with Gasteiger partial charge in [0.05, 0.1) is 45.9 Å². The highest BCUT2D eigenvalue weighted by Crippen LogP contribution is 2.40. The molecular formula is C52H41N6O2+. The van der Waals surface area contributed by atoms with Crippen molar-refractivity contribution >= 4 is 52.2 Å². The first-order valence-electron chi connectivity index (χ1n) is 19.8. The van der Waals surface area contributed by atoms with Crippen molar-refractivity contribution in [1.82, 2.24) is 4.57 Å². The third-order valence-corrected chi connectivity index (χ3v) is 10.4. The molecular weight excluding hydrogens is 741 g/mol. The molecule has 6 aromatic carbocycles. The molecule has 1 aliphatic carbocycles. The minimum atomic E-state index is -0.232. The van der Waals surface area contributed by atoms with Crippen molar-refractivity contribution < 1.29 is 14.5 Å². The number of para-hydroxylation sites is 4. The fourth-order valence-electron chi connectivity index (χ4n) is 7.47. The molecule has 0 radical (unpaired) electrons. The topological polar surface area (TPSA) is 76.4 Å². The van der Waals surface area contributed by atoms with Gasteiger partial charge in [-0.2, -0.15) is 14.8 Å². The Bertz CT molecular complexity index is 2730. The van der Waals surface area contributed by atoms with Crippen molar-refractivity contribution in [2.24, 2.45) is 10.2 Å². The Balaban J connectivity index is 1.12. The largest absolute Gasteiger partial charge is 0.506 e. The first kappa shape index (κ1) is 37.5. The molecule has 1 aromatic heterocycles. The number of carbonyl (C=O) groups is 1. The van der Waals surface area contributed by atoms with Gasteiger partial charge < -0.3 is 9.67 Å². The van der Waals surface area contributed by atoms with Crippen LogP contribution < -0.4 is 10.0 Å². The number of aromatic nitrogens is 1. The Morgan fingerprint density at radius 1 is 0.517 bits per heavy atom. The Morgan fingerprint density at radius 3 is 1.45 bits per heavy atom. The van der Waals surface area contributed by atoms with Crippen LogP contribution in [0.5, 0.6) is 0 Å². The molecule has 8 heteroatoms. The SMILES string of the molecule is O=C1C(c2ccc(/C=N/N(c3ccccc3)c3ccccc3)n2Cc2ccccc2)=C(O)/C1=C1/C=CC(/C=N/N(c2ccccc2)c2ccccc2)=[N+]1Cc1ccccc1. The van der Waals surface area contributed by atoms with Gasteiger partial charge in [-0.15, -0.1) is 0 Å². The number of anilines is 4. The second kappa shape index (κ2) is 17.2. The average molecular weight is 782 g/mol. The van der Waals surface area contributed by atoms with Gasteiger partial charge in [-0.1, -0.05) is 133 Å². The molecule has 2 aliphatic rings. The summed E-state index contributed by atoms with van der Waals surface area (Å²) in [7, 11) is 0. The zero-order chi connectivity index (χ0) is 40.7. The van der Waals surface area contributed by atoms with Crippen LogP contribution in [-0.2, 0) is 17.9 Å². The van der Waals surface area contributed by atoms with Crippen LogP contribution in [0.1, 0.15) is 22.5 Å². The van der Waals surface area contributed by atoms with Crippen molar-refractivity contribution in [2.45, 2.75) is 13.1 Å². The molecule has 8 nitrogen and oxygen atoms in total. The smallest absolute Gasteiger partial charge is 0.226 e. The number of carbonyl (C=O) groups excluding carboxylic acids is 1. The normalized spacial score (nSPS) is 15.0. The van der Waals surface area contributed by atoms with Gasteiger partial charge in [0.2, 0.25) is 17.2 Å². The third-order valence-electron chi connectivity index (χ3n) is 10.4. The molecule has 9 rings (SSSR count). The lowest BCUT2D eigenvalue weighted by Gasteiger charge is -2.23. The number of ketones is 1. The fraction of sp³-hybridized carbons (Fsp3) is 0.0385. The maximum Gasteiger partial charge on any atom is 0.226 e. The predicted octanol–water partition coefficient (Wildman–Crippen LogP) is 10.9. The molecule has 290 valence electrons. The number of Topliss-reactive ketones (excluding diaryl/α,β-unsaturated/α-hetero) is 1. The first-order chi connectivity index (χ1) is 29.6. The van der Waals surface area contributed by atoms with Crippen LogP contribution >= 0.6 is 0 Å². The van der Waals surface area contributed by atoms with Crippen molar-refractivity contribution in [3.63, 3.8) is 0 Å². The van der Waals surface area contributed by atoms with E-state index in [1.165, 1.54) is 0 Å². The number of rotatable bonds is 13. The highest BCUT2D eigenvalue weighted by atomic mass is 16.3. The zero-order valence-electron chi connectivity index (χ0n) is 32.7. The summed E-state index contributed by atoms with van der Waals surface area (Å²) in [4.78, 5) is 14.5. The van der Waals surface area contributed by atoms with Gasteiger partial charge in [-0.3, -0.25) is 4.79 Å². The number of hydrogen-bond donors (Lipinski definition) is 1. The predicted molar refractivity (Wildman–Crippen MR) is 242 cm³/mol. The second-order valence-electron chi connectivity index (χ2n) is 14.3. The van der Waals surface area contributed by atoms with E-state index in [0.29, 0.717) is 24.5 Å². The lowest BCUT2D eigenvalue weighted by atomic mass is 9.84. The van der Waals surface area contributed by atoms with E-state index in [2.05, 4.69) is 24.3 Å². The number of aliphatic hydroxyl groups excluding tert-OH is 1. The molecule has 0 fully saturated rings. The lowest BCUT2D eigenvalue weighted by Crippen LogP contribution is -2.28. The minimum Gasteiger partial charge on any atom is -0.506 e. The van der Waals surface area contributed by atoms with Crippen LogP contribution in [0.3, 0.4) is 0 Å². The Hall–Kier alpha value is -8.10. The lowest BCUT2D eigenvalue weighted by molar-refractivity contribution is -0.484. The van der Waals surface area contributed by atoms with Crippen molar-refractivity contribution in [2.75, 3.05) is 10.0 Å². The molecule has 1 N–H and O–H groups in total. The molecule has 0 bridgehead atoms. The van der Waals surface area contributed by atoms with Crippen molar-refractivity contribution in [1.29, 1.82) is 0 Å². The van der Waals surface area contributed by atoms with E-state index < -0.39 is 0 Å². The van der Waals surface area contributed by atoms with Crippen LogP contribution in [0.15, 0.2) is 234 Å². The molecule has 0 amide bonds. The minimum absolute atomic E-state index is 0.0443. The summed E-state index contributed by atoms with van der Waals surface area (Å²) >= 11 is 0. The maximum atomic E-state index is 14.5. The molecule has 2 heterocycles. The number of benzene rings is 6. The molecule has 0 saturated heterocycles. The monoisotopic (exact) mass is 781 g/mol. The van der Waals surface area contributed by atoms with E-state index >= 15 is 0 Å². The number of aliphatic hydroxyl groups is 1. The first-order valence-corrected chi connectivity index (χ1v) is 19.8. The van der Waals surface area contributed by atoms with Gasteiger partial charge in [-0.05, 0) is 66.2 Å². The van der Waals surface area contributed by atoms with E-state index in [4.69, 9.17) is 10.2 Å². The summed E-state index contributed by atoms with van der Waals surface area (Å²) in [6.07, 6.45) is 7.45. The maximum absolute atomic E-state index is 14.5. The molecule has 0 atom stereocenters. The van der Waals surface area contributed by atoms with E-state index in [9.17, 15) is 9.90 Å². The molecule has 7 aromatic rings. The van der Waals surface area contributed by atoms with Gasteiger partial charge >= 0.3 is 0 Å². The Kier molecular flexibility index (Phi) is 10.7. The van der Waals surface area contributed by atoms with Crippen molar-refractivity contribution in [3.8, 4) is 0 Å². The second-order valence-corrected chi connectivity index (χ2v) is 14.3. The van der Waals surface area contributed by atoms with Gasteiger partial charge in [0.1, 0.15) is 17.5 Å². The number of nitrogens with zero attached hydrogens (tertiary/aromatic N) is 6. The number of hydrazone groups is 2. The number of allylic oxidation sites excluding steroid dienone is 4. The van der Waals surface area contributed by atoms with Crippen LogP contribution in [0.25, 0.3) is 5.57 Å². The van der Waals surface area contributed by atoms with Gasteiger partial charge in [0.25, 0.3) is 0 Å². The Labute approximate surface area is 349 Å². The van der Waals surface area contributed by atoms with Gasteiger partial charge in [0, 0.05) is 24.3 Å². The van der Waals surface area contributed by atoms with Gasteiger partial charge in [0.15, 0.2) is 6.54 Å². The summed E-state index contributed by atoms with van der Waals surface area (Å²) in [5.74, 6) is -0.276. The summed E-state index contributed by atoms with van der Waals surface area (Å²) in [6, 6.07) is 63.9. The standard InChI is InChI=1S/C52H40N6O2/c59-51-49(47-33-31-45(55(47)37-39-19-7-1-8-20-39)35-53-57(41-23-11-3-12-24-41)42-25-13-4-14-26-42)52(60)50(51)48-34-32-46(56(48)38-40-21-9-2-10-22-40)36-54-58(43-27-15-5-16-28-43)44-29-17-6-18-30-44/h1-36H,37-38H2/p+1.